The number of amides is 2. The van der Waals surface area contributed by atoms with E-state index in [4.69, 9.17) is 12.2 Å². The highest BCUT2D eigenvalue weighted by Gasteiger charge is 2.19. The predicted molar refractivity (Wildman–Crippen MR) is 88.5 cm³/mol. The van der Waals surface area contributed by atoms with Crippen LogP contribution in [0.2, 0.25) is 0 Å². The summed E-state index contributed by atoms with van der Waals surface area (Å²) in [5, 5.41) is 22.5. The molecule has 27 heavy (non-hydrogen) atoms. The molecule has 0 saturated heterocycles. The Kier molecular flexibility index (Phi) is 4.23. The zero-order chi connectivity index (χ0) is 19.7. The van der Waals surface area contributed by atoms with Crippen LogP contribution in [0.25, 0.3) is 5.52 Å². The Morgan fingerprint density at radius 1 is 1.30 bits per heavy atom. The number of carbonyl (C=O) groups excluding carboxylic acids is 2. The van der Waals surface area contributed by atoms with E-state index in [1.54, 1.807) is 0 Å². The molecule has 0 fully saturated rings. The fraction of sp³-hybridized carbons (Fsp3) is 0. The van der Waals surface area contributed by atoms with Crippen LogP contribution >= 0.6 is 0 Å². The first-order valence-electron chi connectivity index (χ1n) is 7.19. The average molecular weight is 368 g/mol. The van der Waals surface area contributed by atoms with Crippen molar-refractivity contribution < 1.29 is 23.9 Å². The molecule has 0 saturated carbocycles. The molecule has 0 spiro atoms. The molecule has 134 valence electrons. The predicted octanol–water partition coefficient (Wildman–Crippen LogP) is 0.294. The van der Waals surface area contributed by atoms with Gasteiger partial charge in [-0.2, -0.15) is 0 Å². The van der Waals surface area contributed by atoms with E-state index in [0.29, 0.717) is 6.07 Å². The topological polar surface area (TPSA) is 153 Å². The van der Waals surface area contributed by atoms with Crippen molar-refractivity contribution in [2.45, 2.75) is 0 Å². The maximum Gasteiger partial charge on any atom is 0.337 e. The molecule has 0 aliphatic rings. The number of halogens is 1. The van der Waals surface area contributed by atoms with Crippen LogP contribution in [0.15, 0.2) is 24.3 Å². The van der Waals surface area contributed by atoms with Crippen molar-refractivity contribution >= 4 is 29.0 Å². The first-order chi connectivity index (χ1) is 12.8. The van der Waals surface area contributed by atoms with Gasteiger partial charge in [0.15, 0.2) is 11.4 Å². The number of carbonyl (C=O) groups is 3. The van der Waals surface area contributed by atoms with Crippen molar-refractivity contribution in [1.29, 1.82) is 0 Å². The lowest BCUT2D eigenvalue weighted by Crippen LogP contribution is -2.18. The number of terminal acetylenes is 1. The fourth-order valence-electron chi connectivity index (χ4n) is 2.24. The SMILES string of the molecule is C#Cc1cc(NC(=O)c2ccc3c(C(N)=O)nnn3n2)c(C(=O)O)cc1F. The summed E-state index contributed by atoms with van der Waals surface area (Å²) < 4.78 is 14.6. The lowest BCUT2D eigenvalue weighted by molar-refractivity contribution is 0.0697. The summed E-state index contributed by atoms with van der Waals surface area (Å²) in [6.45, 7) is 0. The zero-order valence-electron chi connectivity index (χ0n) is 13.3. The molecule has 11 heteroatoms. The molecule has 3 aromatic rings. The number of nitrogens with zero attached hydrogens (tertiary/aromatic N) is 4. The molecule has 0 bridgehead atoms. The second kappa shape index (κ2) is 6.52. The largest absolute Gasteiger partial charge is 0.478 e. The van der Waals surface area contributed by atoms with Gasteiger partial charge in [-0.3, -0.25) is 9.59 Å². The number of rotatable bonds is 4. The number of carboxylic acids is 1. The maximum absolute atomic E-state index is 13.7. The Hall–Kier alpha value is -4.33. The Labute approximate surface area is 149 Å². The molecular weight excluding hydrogens is 359 g/mol. The summed E-state index contributed by atoms with van der Waals surface area (Å²) in [6, 6.07) is 4.33. The van der Waals surface area contributed by atoms with Crippen molar-refractivity contribution in [2.24, 2.45) is 5.73 Å². The molecule has 1 aromatic carbocycles. The van der Waals surface area contributed by atoms with Crippen molar-refractivity contribution in [3.8, 4) is 12.3 Å². The standard InChI is InChI=1S/C16H9FN6O4/c1-2-7-5-11(8(16(26)27)6-9(7)17)19-15(25)10-3-4-12-13(14(18)24)20-22-23(12)21-10/h1,3-6H,(H2,18,24)(H,19,25)(H,26,27). The van der Waals surface area contributed by atoms with Crippen LogP contribution in [0, 0.1) is 18.2 Å². The van der Waals surface area contributed by atoms with Gasteiger partial charge in [-0.25, -0.2) is 9.18 Å². The minimum Gasteiger partial charge on any atom is -0.478 e. The van der Waals surface area contributed by atoms with E-state index in [1.165, 1.54) is 12.1 Å². The van der Waals surface area contributed by atoms with Crippen molar-refractivity contribution in [3.05, 3.63) is 52.6 Å². The van der Waals surface area contributed by atoms with E-state index in [-0.39, 0.29) is 28.2 Å². The van der Waals surface area contributed by atoms with Crippen LogP contribution < -0.4 is 11.1 Å². The van der Waals surface area contributed by atoms with Crippen LogP contribution in [-0.4, -0.2) is 42.9 Å². The lowest BCUT2D eigenvalue weighted by atomic mass is 10.1. The summed E-state index contributed by atoms with van der Waals surface area (Å²) in [6.07, 6.45) is 5.16. The highest BCUT2D eigenvalue weighted by atomic mass is 19.1. The summed E-state index contributed by atoms with van der Waals surface area (Å²) in [5.41, 5.74) is 4.11. The van der Waals surface area contributed by atoms with Crippen LogP contribution in [0.5, 0.6) is 0 Å². The molecule has 3 rings (SSSR count). The van der Waals surface area contributed by atoms with Crippen molar-refractivity contribution in [2.75, 3.05) is 5.32 Å². The molecular formula is C16H9FN6O4. The van der Waals surface area contributed by atoms with Crippen molar-refractivity contribution in [3.63, 3.8) is 0 Å². The minimum atomic E-state index is -1.46. The molecule has 2 aromatic heterocycles. The fourth-order valence-corrected chi connectivity index (χ4v) is 2.24. The Morgan fingerprint density at radius 2 is 2.04 bits per heavy atom. The second-order valence-electron chi connectivity index (χ2n) is 5.18. The summed E-state index contributed by atoms with van der Waals surface area (Å²) in [5.74, 6) is -1.95. The summed E-state index contributed by atoms with van der Waals surface area (Å²) in [4.78, 5) is 34.9. The smallest absolute Gasteiger partial charge is 0.337 e. The van der Waals surface area contributed by atoms with E-state index in [2.05, 4.69) is 26.6 Å². The van der Waals surface area contributed by atoms with E-state index < -0.39 is 29.2 Å². The molecule has 10 nitrogen and oxygen atoms in total. The summed E-state index contributed by atoms with van der Waals surface area (Å²) in [7, 11) is 0. The number of aromatic carboxylic acids is 1. The van der Waals surface area contributed by atoms with Crippen LogP contribution in [-0.2, 0) is 0 Å². The van der Waals surface area contributed by atoms with Gasteiger partial charge in [0.1, 0.15) is 11.3 Å². The summed E-state index contributed by atoms with van der Waals surface area (Å²) >= 11 is 0. The molecule has 0 atom stereocenters. The molecule has 2 amide bonds. The Bertz CT molecular complexity index is 1160. The maximum atomic E-state index is 13.7. The number of fused-ring (bicyclic) bond motifs is 1. The van der Waals surface area contributed by atoms with Gasteiger partial charge in [0.25, 0.3) is 11.8 Å². The average Bonchev–Trinajstić information content (AvgIpc) is 3.05. The first kappa shape index (κ1) is 17.5. The number of nitrogens with two attached hydrogens (primary N) is 1. The number of carboxylic acid groups (broad SMARTS) is 1. The highest BCUT2D eigenvalue weighted by molar-refractivity contribution is 6.07. The molecule has 2 heterocycles. The third kappa shape index (κ3) is 3.14. The van der Waals surface area contributed by atoms with Crippen LogP contribution in [0.3, 0.4) is 0 Å². The third-order valence-electron chi connectivity index (χ3n) is 3.50. The highest BCUT2D eigenvalue weighted by Crippen LogP contribution is 2.21. The Morgan fingerprint density at radius 3 is 2.67 bits per heavy atom. The van der Waals surface area contributed by atoms with Gasteiger partial charge in [0.05, 0.1) is 16.8 Å². The van der Waals surface area contributed by atoms with Gasteiger partial charge in [-0.1, -0.05) is 5.92 Å². The number of primary amides is 1. The number of nitrogens with one attached hydrogen (secondary N) is 1. The van der Waals surface area contributed by atoms with Gasteiger partial charge < -0.3 is 16.2 Å². The number of anilines is 1. The number of aromatic nitrogens is 4. The normalized spacial score (nSPS) is 10.4. The van der Waals surface area contributed by atoms with Gasteiger partial charge in [-0.05, 0) is 29.5 Å². The van der Waals surface area contributed by atoms with Gasteiger partial charge in [0, 0.05) is 0 Å². The van der Waals surface area contributed by atoms with E-state index in [1.807, 2.05) is 0 Å². The van der Waals surface area contributed by atoms with Gasteiger partial charge in [-0.15, -0.1) is 21.3 Å². The number of hydrogen-bond acceptors (Lipinski definition) is 6. The molecule has 0 unspecified atom stereocenters. The first-order valence-corrected chi connectivity index (χ1v) is 7.19. The monoisotopic (exact) mass is 368 g/mol. The number of hydrogen-bond donors (Lipinski definition) is 3. The van der Waals surface area contributed by atoms with Gasteiger partial charge >= 0.3 is 5.97 Å². The van der Waals surface area contributed by atoms with E-state index in [0.717, 1.165) is 10.7 Å². The Balaban J connectivity index is 1.98. The van der Waals surface area contributed by atoms with Crippen molar-refractivity contribution in [1.82, 2.24) is 20.0 Å². The van der Waals surface area contributed by atoms with Crippen LogP contribution in [0.1, 0.15) is 36.9 Å². The second-order valence-corrected chi connectivity index (χ2v) is 5.18. The van der Waals surface area contributed by atoms with E-state index in [9.17, 15) is 23.9 Å². The van der Waals surface area contributed by atoms with Gasteiger partial charge in [0.2, 0.25) is 0 Å². The molecule has 4 N–H and O–H groups in total. The quantitative estimate of drug-likeness (QED) is 0.560. The minimum absolute atomic E-state index is 0.125. The van der Waals surface area contributed by atoms with Crippen LogP contribution in [0.4, 0.5) is 10.1 Å². The molecule has 0 radical (unpaired) electrons. The van der Waals surface area contributed by atoms with E-state index >= 15 is 0 Å². The lowest BCUT2D eigenvalue weighted by Gasteiger charge is -2.09. The third-order valence-corrected chi connectivity index (χ3v) is 3.50. The zero-order valence-corrected chi connectivity index (χ0v) is 13.3. The number of benzene rings is 1. The molecule has 0 aliphatic carbocycles. The molecule has 0 aliphatic heterocycles.